The minimum atomic E-state index is -0.333. The van der Waals surface area contributed by atoms with Gasteiger partial charge in [0, 0.05) is 27.7 Å². The summed E-state index contributed by atoms with van der Waals surface area (Å²) in [5.74, 6) is -0.0331. The molecule has 0 heterocycles. The number of halogens is 2. The summed E-state index contributed by atoms with van der Waals surface area (Å²) in [4.78, 5) is 25.5. The Balaban J connectivity index is 1.39. The standard InChI is InChI=1S/C23H24ClFN2O2/c1-13-18(4-3-5-20(13)24)22(29)27-23-10-15(11-23)19(12-23)14(2)21(28)26-17-8-6-16(25)7-9-17/h3-9,14-15,19H,10-12H2,1-2H3,(H,26,28)(H,27,29)/t14-,15?,19?,23?/m0/s1. The molecule has 1 unspecified atom stereocenters. The van der Waals surface area contributed by atoms with Crippen LogP contribution in [0.3, 0.4) is 0 Å². The molecule has 3 aliphatic carbocycles. The number of carbonyl (C=O) groups is 2. The molecule has 0 aromatic heterocycles. The first-order valence-corrected chi connectivity index (χ1v) is 10.3. The minimum absolute atomic E-state index is 0.0682. The maximum atomic E-state index is 13.0. The fourth-order valence-corrected chi connectivity index (χ4v) is 5.09. The average Bonchev–Trinajstić information content (AvgIpc) is 3.20. The zero-order chi connectivity index (χ0) is 20.8. The number of hydrogen-bond acceptors (Lipinski definition) is 2. The average molecular weight is 415 g/mol. The summed E-state index contributed by atoms with van der Waals surface area (Å²) in [5.41, 5.74) is 1.74. The molecule has 6 heteroatoms. The number of benzene rings is 2. The maximum absolute atomic E-state index is 13.0. The van der Waals surface area contributed by atoms with Crippen molar-refractivity contribution in [2.45, 2.75) is 38.6 Å². The van der Waals surface area contributed by atoms with Crippen molar-refractivity contribution in [2.24, 2.45) is 17.8 Å². The molecular formula is C23H24ClFN2O2. The topological polar surface area (TPSA) is 58.2 Å². The summed E-state index contributed by atoms with van der Waals surface area (Å²) in [6.07, 6.45) is 2.59. The van der Waals surface area contributed by atoms with E-state index in [0.717, 1.165) is 24.8 Å². The molecule has 0 spiro atoms. The zero-order valence-corrected chi connectivity index (χ0v) is 17.2. The molecule has 0 radical (unpaired) electrons. The van der Waals surface area contributed by atoms with Crippen LogP contribution in [0.5, 0.6) is 0 Å². The highest BCUT2D eigenvalue weighted by Gasteiger charge is 2.58. The third kappa shape index (κ3) is 3.76. The first-order valence-electron chi connectivity index (χ1n) is 9.92. The molecule has 5 rings (SSSR count). The minimum Gasteiger partial charge on any atom is -0.347 e. The van der Waals surface area contributed by atoms with Crippen molar-refractivity contribution in [2.75, 3.05) is 5.32 Å². The lowest BCUT2D eigenvalue weighted by Gasteiger charge is -2.39. The highest BCUT2D eigenvalue weighted by molar-refractivity contribution is 6.31. The molecule has 2 aromatic rings. The number of hydrogen-bond donors (Lipinski definition) is 2. The van der Waals surface area contributed by atoms with Crippen LogP contribution in [-0.4, -0.2) is 17.4 Å². The summed E-state index contributed by atoms with van der Waals surface area (Å²) in [7, 11) is 0. The molecule has 0 aliphatic heterocycles. The van der Waals surface area contributed by atoms with Gasteiger partial charge in [-0.15, -0.1) is 0 Å². The molecule has 2 N–H and O–H groups in total. The van der Waals surface area contributed by atoms with Crippen molar-refractivity contribution in [3.63, 3.8) is 0 Å². The van der Waals surface area contributed by atoms with Crippen molar-refractivity contribution >= 4 is 29.1 Å². The number of nitrogens with one attached hydrogen (secondary N) is 2. The van der Waals surface area contributed by atoms with E-state index >= 15 is 0 Å². The molecule has 29 heavy (non-hydrogen) atoms. The zero-order valence-electron chi connectivity index (χ0n) is 16.5. The second-order valence-electron chi connectivity index (χ2n) is 8.47. The molecule has 152 valence electrons. The van der Waals surface area contributed by atoms with Crippen molar-refractivity contribution in [3.8, 4) is 0 Å². The first-order chi connectivity index (χ1) is 13.8. The Morgan fingerprint density at radius 3 is 2.52 bits per heavy atom. The van der Waals surface area contributed by atoms with Crippen molar-refractivity contribution in [1.29, 1.82) is 0 Å². The van der Waals surface area contributed by atoms with Crippen LogP contribution < -0.4 is 10.6 Å². The fourth-order valence-electron chi connectivity index (χ4n) is 4.91. The fraction of sp³-hybridized carbons (Fsp3) is 0.391. The van der Waals surface area contributed by atoms with Gasteiger partial charge in [0.25, 0.3) is 5.91 Å². The highest BCUT2D eigenvalue weighted by Crippen LogP contribution is 2.58. The smallest absolute Gasteiger partial charge is 0.252 e. The SMILES string of the molecule is Cc1c(Cl)cccc1C(=O)NC12CC(C1)C([C@H](C)C(=O)Nc1ccc(F)cc1)C2. The number of amides is 2. The molecule has 3 saturated carbocycles. The quantitative estimate of drug-likeness (QED) is 0.726. The van der Waals surface area contributed by atoms with E-state index in [1.807, 2.05) is 13.8 Å². The maximum Gasteiger partial charge on any atom is 0.252 e. The van der Waals surface area contributed by atoms with Crippen molar-refractivity contribution in [1.82, 2.24) is 5.32 Å². The Labute approximate surface area is 174 Å². The van der Waals surface area contributed by atoms with Gasteiger partial charge in [-0.25, -0.2) is 4.39 Å². The Morgan fingerprint density at radius 1 is 1.14 bits per heavy atom. The molecular weight excluding hydrogens is 391 g/mol. The summed E-state index contributed by atoms with van der Waals surface area (Å²) in [6, 6.07) is 11.1. The largest absolute Gasteiger partial charge is 0.347 e. The van der Waals surface area contributed by atoms with Gasteiger partial charge in [-0.05, 0) is 80.0 Å². The number of anilines is 1. The van der Waals surface area contributed by atoms with E-state index in [9.17, 15) is 14.0 Å². The highest BCUT2D eigenvalue weighted by atomic mass is 35.5. The normalized spacial score (nSPS) is 25.8. The van der Waals surface area contributed by atoms with Gasteiger partial charge in [-0.3, -0.25) is 9.59 Å². The van der Waals surface area contributed by atoms with Gasteiger partial charge < -0.3 is 10.6 Å². The lowest BCUT2D eigenvalue weighted by atomic mass is 9.74. The third-order valence-corrected chi connectivity index (χ3v) is 7.01. The van der Waals surface area contributed by atoms with Crippen LogP contribution in [0.4, 0.5) is 10.1 Å². The number of rotatable bonds is 5. The number of fused-ring (bicyclic) bond motifs is 1. The Morgan fingerprint density at radius 2 is 1.83 bits per heavy atom. The van der Waals surface area contributed by atoms with Gasteiger partial charge in [0.1, 0.15) is 5.82 Å². The molecule has 2 aromatic carbocycles. The van der Waals surface area contributed by atoms with Gasteiger partial charge in [0.05, 0.1) is 0 Å². The van der Waals surface area contributed by atoms with Crippen LogP contribution in [0.2, 0.25) is 5.02 Å². The lowest BCUT2D eigenvalue weighted by Crippen LogP contribution is -2.51. The second kappa shape index (κ2) is 7.45. The van der Waals surface area contributed by atoms with Gasteiger partial charge >= 0.3 is 0 Å². The monoisotopic (exact) mass is 414 g/mol. The van der Waals surface area contributed by atoms with Crippen LogP contribution >= 0.6 is 11.6 Å². The van der Waals surface area contributed by atoms with Crippen LogP contribution in [0.25, 0.3) is 0 Å². The lowest BCUT2D eigenvalue weighted by molar-refractivity contribution is -0.121. The van der Waals surface area contributed by atoms with Gasteiger partial charge in [0.2, 0.25) is 5.91 Å². The molecule has 4 nitrogen and oxygen atoms in total. The van der Waals surface area contributed by atoms with E-state index in [0.29, 0.717) is 22.2 Å². The van der Waals surface area contributed by atoms with Gasteiger partial charge in [-0.1, -0.05) is 24.6 Å². The Hall–Kier alpha value is -2.40. The third-order valence-electron chi connectivity index (χ3n) is 6.60. The second-order valence-corrected chi connectivity index (χ2v) is 8.88. The number of carbonyl (C=O) groups excluding carboxylic acids is 2. The van der Waals surface area contributed by atoms with E-state index < -0.39 is 0 Å². The first kappa shape index (κ1) is 19.9. The molecule has 3 aliphatic rings. The van der Waals surface area contributed by atoms with E-state index in [-0.39, 0.29) is 35.0 Å². The van der Waals surface area contributed by atoms with Gasteiger partial charge in [0.15, 0.2) is 0 Å². The van der Waals surface area contributed by atoms with E-state index in [2.05, 4.69) is 10.6 Å². The van der Waals surface area contributed by atoms with Crippen LogP contribution in [0.1, 0.15) is 42.1 Å². The molecule has 0 saturated heterocycles. The molecule has 3 fully saturated rings. The Kier molecular flexibility index (Phi) is 5.11. The predicted molar refractivity (Wildman–Crippen MR) is 111 cm³/mol. The van der Waals surface area contributed by atoms with E-state index in [4.69, 9.17) is 11.6 Å². The van der Waals surface area contributed by atoms with Gasteiger partial charge in [-0.2, -0.15) is 0 Å². The molecule has 2 bridgehead atoms. The van der Waals surface area contributed by atoms with Crippen molar-refractivity contribution < 1.29 is 14.0 Å². The van der Waals surface area contributed by atoms with E-state index in [1.165, 1.54) is 12.1 Å². The molecule has 2 atom stereocenters. The molecule has 2 amide bonds. The van der Waals surface area contributed by atoms with Crippen LogP contribution in [0.15, 0.2) is 42.5 Å². The predicted octanol–water partition coefficient (Wildman–Crippen LogP) is 4.96. The van der Waals surface area contributed by atoms with E-state index in [1.54, 1.807) is 30.3 Å². The summed E-state index contributed by atoms with van der Waals surface area (Å²) >= 11 is 6.15. The van der Waals surface area contributed by atoms with Crippen LogP contribution in [-0.2, 0) is 4.79 Å². The summed E-state index contributed by atoms with van der Waals surface area (Å²) in [6.45, 7) is 3.78. The van der Waals surface area contributed by atoms with Crippen LogP contribution in [0, 0.1) is 30.5 Å². The summed E-state index contributed by atoms with van der Waals surface area (Å²) in [5, 5.41) is 6.66. The Bertz CT molecular complexity index is 954. The summed E-state index contributed by atoms with van der Waals surface area (Å²) < 4.78 is 13.0. The van der Waals surface area contributed by atoms with Crippen molar-refractivity contribution in [3.05, 3.63) is 64.4 Å².